The first-order valence-electron chi connectivity index (χ1n) is 5.55. The molecule has 1 heterocycles. The van der Waals surface area contributed by atoms with Gasteiger partial charge in [-0.2, -0.15) is 0 Å². The fourth-order valence-electron chi connectivity index (χ4n) is 1.64. The first-order valence-corrected chi connectivity index (χ1v) is 5.93. The van der Waals surface area contributed by atoms with E-state index < -0.39 is 0 Å². The lowest BCUT2D eigenvalue weighted by molar-refractivity contribution is -0.111. The van der Waals surface area contributed by atoms with Gasteiger partial charge in [-0.15, -0.1) is 12.4 Å². The number of nitrogens with zero attached hydrogens (tertiary/aromatic N) is 1. The van der Waals surface area contributed by atoms with Crippen LogP contribution in [0.15, 0.2) is 42.6 Å². The second-order valence-corrected chi connectivity index (χ2v) is 4.31. The van der Waals surface area contributed by atoms with Crippen molar-refractivity contribution < 1.29 is 9.18 Å². The minimum Gasteiger partial charge on any atom is -0.281 e. The molecule has 19 heavy (non-hydrogen) atoms. The van der Waals surface area contributed by atoms with Crippen LogP contribution in [-0.2, 0) is 11.2 Å². The zero-order valence-electron chi connectivity index (χ0n) is 9.98. The average molecular weight is 300 g/mol. The zero-order chi connectivity index (χ0) is 13.0. The molecule has 0 aliphatic heterocycles. The summed E-state index contributed by atoms with van der Waals surface area (Å²) in [5, 5.41) is -0.367. The summed E-state index contributed by atoms with van der Waals surface area (Å²) >= 11 is 5.27. The maximum atomic E-state index is 13.5. The number of carbonyl (C=O) groups excluding carboxylic acids is 1. The predicted octanol–water partition coefficient (Wildman–Crippen LogP) is 4.01. The molecule has 0 amide bonds. The van der Waals surface area contributed by atoms with Gasteiger partial charge >= 0.3 is 0 Å². The molecular weight excluding hydrogens is 288 g/mol. The van der Waals surface area contributed by atoms with Crippen molar-refractivity contribution in [3.05, 3.63) is 54.0 Å². The molecule has 100 valence electrons. The zero-order valence-corrected chi connectivity index (χ0v) is 11.5. The Balaban J connectivity index is 0.00000180. The molecule has 0 unspecified atom stereocenters. The third kappa shape index (κ3) is 4.30. The monoisotopic (exact) mass is 299 g/mol. The molecule has 2 rings (SSSR count). The standard InChI is InChI=1S/C14H11ClFNO.ClH/c15-14(18)8-6-10-5-7-13(17-9-10)11-3-1-2-4-12(11)16;/h1-5,7,9H,6,8H2;1H. The molecule has 0 aliphatic carbocycles. The van der Waals surface area contributed by atoms with Gasteiger partial charge in [0.1, 0.15) is 5.82 Å². The summed E-state index contributed by atoms with van der Waals surface area (Å²) in [5.74, 6) is -0.298. The normalized spacial score (nSPS) is 9.79. The maximum absolute atomic E-state index is 13.5. The largest absolute Gasteiger partial charge is 0.281 e. The Morgan fingerprint density at radius 3 is 2.53 bits per heavy atom. The number of aryl methyl sites for hydroxylation is 1. The molecule has 2 aromatic rings. The number of pyridine rings is 1. The minimum absolute atomic E-state index is 0. The van der Waals surface area contributed by atoms with E-state index in [1.807, 2.05) is 6.07 Å². The van der Waals surface area contributed by atoms with Gasteiger partial charge < -0.3 is 0 Å². The summed E-state index contributed by atoms with van der Waals surface area (Å²) in [6.07, 6.45) is 2.47. The van der Waals surface area contributed by atoms with Gasteiger partial charge in [-0.1, -0.05) is 18.2 Å². The minimum atomic E-state index is -0.367. The number of benzene rings is 1. The summed E-state index contributed by atoms with van der Waals surface area (Å²) in [5.41, 5.74) is 1.95. The van der Waals surface area contributed by atoms with Crippen LogP contribution in [0, 0.1) is 5.82 Å². The van der Waals surface area contributed by atoms with Crippen molar-refractivity contribution in [2.45, 2.75) is 12.8 Å². The highest BCUT2D eigenvalue weighted by Gasteiger charge is 2.05. The van der Waals surface area contributed by atoms with Crippen molar-refractivity contribution in [1.29, 1.82) is 0 Å². The van der Waals surface area contributed by atoms with Gasteiger partial charge in [0, 0.05) is 18.2 Å². The van der Waals surface area contributed by atoms with Crippen molar-refractivity contribution >= 4 is 29.3 Å². The molecule has 0 aliphatic rings. The van der Waals surface area contributed by atoms with Crippen LogP contribution < -0.4 is 0 Å². The number of halogens is 3. The van der Waals surface area contributed by atoms with E-state index in [0.717, 1.165) is 5.56 Å². The van der Waals surface area contributed by atoms with E-state index >= 15 is 0 Å². The quantitative estimate of drug-likeness (QED) is 0.799. The summed E-state index contributed by atoms with van der Waals surface area (Å²) in [6.45, 7) is 0. The lowest BCUT2D eigenvalue weighted by Gasteiger charge is -2.03. The Bertz CT molecular complexity index is 558. The van der Waals surface area contributed by atoms with Crippen LogP contribution in [0.1, 0.15) is 12.0 Å². The van der Waals surface area contributed by atoms with E-state index in [0.29, 0.717) is 17.7 Å². The van der Waals surface area contributed by atoms with E-state index in [4.69, 9.17) is 11.6 Å². The first kappa shape index (κ1) is 15.6. The molecule has 5 heteroatoms. The highest BCUT2D eigenvalue weighted by atomic mass is 35.5. The van der Waals surface area contributed by atoms with Gasteiger partial charge in [-0.3, -0.25) is 9.78 Å². The molecule has 0 radical (unpaired) electrons. The van der Waals surface area contributed by atoms with Crippen molar-refractivity contribution in [3.8, 4) is 11.3 Å². The molecule has 0 spiro atoms. The van der Waals surface area contributed by atoms with Gasteiger partial charge in [0.05, 0.1) is 5.69 Å². The van der Waals surface area contributed by atoms with E-state index in [1.165, 1.54) is 6.07 Å². The van der Waals surface area contributed by atoms with Crippen molar-refractivity contribution in [2.75, 3.05) is 0 Å². The lowest BCUT2D eigenvalue weighted by Crippen LogP contribution is -1.94. The van der Waals surface area contributed by atoms with Gasteiger partial charge in [0.2, 0.25) is 5.24 Å². The third-order valence-electron chi connectivity index (χ3n) is 2.58. The van der Waals surface area contributed by atoms with Gasteiger partial charge in [-0.05, 0) is 41.8 Å². The number of hydrogen-bond acceptors (Lipinski definition) is 2. The lowest BCUT2D eigenvalue weighted by atomic mass is 10.1. The third-order valence-corrected chi connectivity index (χ3v) is 2.77. The van der Waals surface area contributed by atoms with Crippen molar-refractivity contribution in [2.24, 2.45) is 0 Å². The van der Waals surface area contributed by atoms with E-state index in [9.17, 15) is 9.18 Å². The molecule has 1 aromatic carbocycles. The van der Waals surface area contributed by atoms with E-state index in [2.05, 4.69) is 4.98 Å². The summed E-state index contributed by atoms with van der Waals surface area (Å²) in [4.78, 5) is 14.8. The molecule has 0 N–H and O–H groups in total. The fourth-order valence-corrected chi connectivity index (χ4v) is 1.74. The molecular formula is C14H12Cl2FNO. The molecule has 0 saturated heterocycles. The van der Waals surface area contributed by atoms with Gasteiger partial charge in [0.15, 0.2) is 0 Å². The summed E-state index contributed by atoms with van der Waals surface area (Å²) in [7, 11) is 0. The summed E-state index contributed by atoms with van der Waals surface area (Å²) < 4.78 is 13.5. The number of carbonyl (C=O) groups is 1. The second-order valence-electron chi connectivity index (χ2n) is 3.89. The van der Waals surface area contributed by atoms with Crippen molar-refractivity contribution in [3.63, 3.8) is 0 Å². The van der Waals surface area contributed by atoms with Crippen LogP contribution in [-0.4, -0.2) is 10.2 Å². The Labute approximate surface area is 122 Å². The Kier molecular flexibility index (Phi) is 5.93. The molecule has 1 aromatic heterocycles. The highest BCUT2D eigenvalue weighted by molar-refractivity contribution is 6.63. The second kappa shape index (κ2) is 7.22. The maximum Gasteiger partial charge on any atom is 0.221 e. The van der Waals surface area contributed by atoms with Crippen LogP contribution in [0.2, 0.25) is 0 Å². The number of aromatic nitrogens is 1. The van der Waals surface area contributed by atoms with Crippen LogP contribution in [0.3, 0.4) is 0 Å². The Morgan fingerprint density at radius 2 is 1.95 bits per heavy atom. The molecule has 0 atom stereocenters. The SMILES string of the molecule is Cl.O=C(Cl)CCc1ccc(-c2ccccc2F)nc1. The topological polar surface area (TPSA) is 30.0 Å². The van der Waals surface area contributed by atoms with Crippen LogP contribution >= 0.6 is 24.0 Å². The molecule has 0 bridgehead atoms. The highest BCUT2D eigenvalue weighted by Crippen LogP contribution is 2.20. The molecule has 0 fully saturated rings. The smallest absolute Gasteiger partial charge is 0.221 e. The molecule has 2 nitrogen and oxygen atoms in total. The number of hydrogen-bond donors (Lipinski definition) is 0. The Morgan fingerprint density at radius 1 is 1.21 bits per heavy atom. The van der Waals surface area contributed by atoms with Gasteiger partial charge in [0.25, 0.3) is 0 Å². The van der Waals surface area contributed by atoms with Crippen molar-refractivity contribution in [1.82, 2.24) is 4.98 Å². The van der Waals surface area contributed by atoms with Crippen LogP contribution in [0.5, 0.6) is 0 Å². The Hall–Kier alpha value is -1.45. The van der Waals surface area contributed by atoms with Gasteiger partial charge in [-0.25, -0.2) is 4.39 Å². The van der Waals surface area contributed by atoms with E-state index in [1.54, 1.807) is 30.5 Å². The van der Waals surface area contributed by atoms with Crippen LogP contribution in [0.25, 0.3) is 11.3 Å². The summed E-state index contributed by atoms with van der Waals surface area (Å²) in [6, 6.07) is 10.1. The van der Waals surface area contributed by atoms with E-state index in [-0.39, 0.29) is 29.9 Å². The average Bonchev–Trinajstić information content (AvgIpc) is 2.38. The number of rotatable bonds is 4. The predicted molar refractivity (Wildman–Crippen MR) is 76.1 cm³/mol. The molecule has 0 saturated carbocycles. The first-order chi connectivity index (χ1) is 8.66. The van der Waals surface area contributed by atoms with Crippen LogP contribution in [0.4, 0.5) is 4.39 Å². The fraction of sp³-hybridized carbons (Fsp3) is 0.143.